The van der Waals surface area contributed by atoms with Crippen molar-refractivity contribution in [3.05, 3.63) is 83.9 Å². The molecule has 184 valence electrons. The molecule has 2 aromatic carbocycles. The minimum absolute atomic E-state index is 0.122. The van der Waals surface area contributed by atoms with E-state index >= 15 is 0 Å². The van der Waals surface area contributed by atoms with E-state index in [2.05, 4.69) is 39.7 Å². The number of aryl methyl sites for hydroxylation is 2. The maximum absolute atomic E-state index is 11.0. The first-order chi connectivity index (χ1) is 17.0. The standard InChI is InChI=1S/C26H30N3O5P/c30-35(31,32)17-7-15-27-19-21-13-14-22(23(18-21)24-11-6-16-33-24)26-28-25(34-29-26)12-5-4-10-20-8-2-1-3-9-20/h1-3,6,8-9,11,13-14,16,18,27H,4-5,7,10,12,15,17,19H2,(H2,30,31,32). The molecule has 4 rings (SSSR count). The van der Waals surface area contributed by atoms with Crippen molar-refractivity contribution in [3.63, 3.8) is 0 Å². The summed E-state index contributed by atoms with van der Waals surface area (Å²) >= 11 is 0. The smallest absolute Gasteiger partial charge is 0.325 e. The van der Waals surface area contributed by atoms with Gasteiger partial charge < -0.3 is 24.0 Å². The third-order valence-electron chi connectivity index (χ3n) is 5.66. The number of furan rings is 1. The van der Waals surface area contributed by atoms with E-state index in [9.17, 15) is 4.57 Å². The molecule has 0 atom stereocenters. The van der Waals surface area contributed by atoms with Crippen molar-refractivity contribution >= 4 is 7.60 Å². The van der Waals surface area contributed by atoms with Crippen LogP contribution in [0.15, 0.2) is 75.9 Å². The average molecular weight is 496 g/mol. The van der Waals surface area contributed by atoms with Gasteiger partial charge in [0.15, 0.2) is 0 Å². The first-order valence-electron chi connectivity index (χ1n) is 11.8. The second-order valence-electron chi connectivity index (χ2n) is 8.48. The number of rotatable bonds is 13. The molecule has 0 spiro atoms. The molecular weight excluding hydrogens is 465 g/mol. The van der Waals surface area contributed by atoms with E-state index in [1.54, 1.807) is 6.26 Å². The van der Waals surface area contributed by atoms with Crippen LogP contribution in [-0.4, -0.2) is 32.6 Å². The van der Waals surface area contributed by atoms with Crippen molar-refractivity contribution in [3.8, 4) is 22.7 Å². The molecule has 0 aliphatic rings. The number of benzene rings is 2. The quantitative estimate of drug-likeness (QED) is 0.171. The van der Waals surface area contributed by atoms with Gasteiger partial charge in [-0.1, -0.05) is 41.6 Å². The highest BCUT2D eigenvalue weighted by atomic mass is 31.2. The maximum Gasteiger partial charge on any atom is 0.325 e. The summed E-state index contributed by atoms with van der Waals surface area (Å²) in [7, 11) is -3.96. The molecule has 0 saturated carbocycles. The van der Waals surface area contributed by atoms with Crippen molar-refractivity contribution < 1.29 is 23.3 Å². The second-order valence-corrected chi connectivity index (χ2v) is 10.3. The molecule has 3 N–H and O–H groups in total. The fraction of sp³-hybridized carbons (Fsp3) is 0.308. The van der Waals surface area contributed by atoms with Crippen molar-refractivity contribution in [2.75, 3.05) is 12.7 Å². The lowest BCUT2D eigenvalue weighted by Crippen LogP contribution is -2.15. The number of aromatic nitrogens is 2. The van der Waals surface area contributed by atoms with Crippen molar-refractivity contribution in [2.45, 2.75) is 38.6 Å². The van der Waals surface area contributed by atoms with Crippen LogP contribution in [0.25, 0.3) is 22.7 Å². The summed E-state index contributed by atoms with van der Waals surface area (Å²) in [6.45, 7) is 1.08. The van der Waals surface area contributed by atoms with E-state index in [-0.39, 0.29) is 6.16 Å². The van der Waals surface area contributed by atoms with Gasteiger partial charge in [-0.15, -0.1) is 0 Å². The van der Waals surface area contributed by atoms with E-state index in [1.165, 1.54) is 5.56 Å². The molecule has 2 aromatic heterocycles. The van der Waals surface area contributed by atoms with Crippen molar-refractivity contribution in [1.29, 1.82) is 0 Å². The zero-order valence-electron chi connectivity index (χ0n) is 19.5. The van der Waals surface area contributed by atoms with Crippen LogP contribution in [0.1, 0.15) is 36.3 Å². The summed E-state index contributed by atoms with van der Waals surface area (Å²) in [5.74, 6) is 1.85. The van der Waals surface area contributed by atoms with E-state index in [4.69, 9.17) is 18.7 Å². The Balaban J connectivity index is 1.38. The fourth-order valence-electron chi connectivity index (χ4n) is 3.89. The van der Waals surface area contributed by atoms with E-state index in [0.29, 0.717) is 37.0 Å². The van der Waals surface area contributed by atoms with Crippen LogP contribution in [0.4, 0.5) is 0 Å². The molecule has 4 aromatic rings. The minimum atomic E-state index is -3.96. The second kappa shape index (κ2) is 12.1. The summed E-state index contributed by atoms with van der Waals surface area (Å²) in [5, 5.41) is 7.44. The summed E-state index contributed by atoms with van der Waals surface area (Å²) in [6.07, 6.45) is 5.68. The molecule has 0 aliphatic carbocycles. The first kappa shape index (κ1) is 25.1. The Morgan fingerprint density at radius 1 is 0.886 bits per heavy atom. The summed E-state index contributed by atoms with van der Waals surface area (Å²) in [4.78, 5) is 22.6. The fourth-order valence-corrected chi connectivity index (χ4v) is 4.46. The highest BCUT2D eigenvalue weighted by Gasteiger charge is 2.16. The predicted molar refractivity (Wildman–Crippen MR) is 134 cm³/mol. The van der Waals surface area contributed by atoms with E-state index in [1.807, 2.05) is 36.4 Å². The van der Waals surface area contributed by atoms with Gasteiger partial charge in [0.05, 0.1) is 12.4 Å². The lowest BCUT2D eigenvalue weighted by Gasteiger charge is -2.09. The van der Waals surface area contributed by atoms with Crippen LogP contribution in [0.2, 0.25) is 0 Å². The predicted octanol–water partition coefficient (Wildman–Crippen LogP) is 5.22. The molecule has 0 saturated heterocycles. The van der Waals surface area contributed by atoms with Crippen molar-refractivity contribution in [1.82, 2.24) is 15.5 Å². The Kier molecular flexibility index (Phi) is 8.66. The molecule has 0 unspecified atom stereocenters. The topological polar surface area (TPSA) is 122 Å². The molecule has 0 radical (unpaired) electrons. The number of nitrogens with zero attached hydrogens (tertiary/aromatic N) is 2. The van der Waals surface area contributed by atoms with Gasteiger partial charge in [0, 0.05) is 24.1 Å². The van der Waals surface area contributed by atoms with Crippen LogP contribution in [0.3, 0.4) is 0 Å². The number of hydrogen-bond donors (Lipinski definition) is 3. The molecule has 0 amide bonds. The normalized spacial score (nSPS) is 11.7. The molecular formula is C26H30N3O5P. The molecule has 35 heavy (non-hydrogen) atoms. The van der Waals surface area contributed by atoms with Crippen molar-refractivity contribution in [2.24, 2.45) is 0 Å². The first-order valence-corrected chi connectivity index (χ1v) is 13.6. The van der Waals surface area contributed by atoms with Gasteiger partial charge in [0.1, 0.15) is 5.76 Å². The van der Waals surface area contributed by atoms with Gasteiger partial charge >= 0.3 is 7.60 Å². The third kappa shape index (κ3) is 7.73. The molecule has 0 fully saturated rings. The number of hydrogen-bond acceptors (Lipinski definition) is 6. The van der Waals surface area contributed by atoms with Crippen LogP contribution >= 0.6 is 7.60 Å². The largest absolute Gasteiger partial charge is 0.464 e. The molecule has 0 bridgehead atoms. The molecule has 8 nitrogen and oxygen atoms in total. The van der Waals surface area contributed by atoms with Crippen LogP contribution < -0.4 is 5.32 Å². The summed E-state index contributed by atoms with van der Waals surface area (Å²) in [6, 6.07) is 20.1. The monoisotopic (exact) mass is 495 g/mol. The van der Waals surface area contributed by atoms with E-state index < -0.39 is 7.60 Å². The Morgan fingerprint density at radius 2 is 1.71 bits per heavy atom. The molecule has 0 aliphatic heterocycles. The average Bonchev–Trinajstić information content (AvgIpc) is 3.54. The highest BCUT2D eigenvalue weighted by molar-refractivity contribution is 7.51. The van der Waals surface area contributed by atoms with Gasteiger partial charge in [-0.25, -0.2) is 0 Å². The zero-order chi connectivity index (χ0) is 24.5. The molecule has 9 heteroatoms. The highest BCUT2D eigenvalue weighted by Crippen LogP contribution is 2.34. The van der Waals surface area contributed by atoms with Gasteiger partial charge in [-0.05, 0) is 67.6 Å². The summed E-state index contributed by atoms with van der Waals surface area (Å²) < 4.78 is 22.2. The lowest BCUT2D eigenvalue weighted by molar-refractivity contribution is 0.371. The third-order valence-corrected chi connectivity index (χ3v) is 6.56. The Morgan fingerprint density at radius 3 is 2.49 bits per heavy atom. The summed E-state index contributed by atoms with van der Waals surface area (Å²) in [5.41, 5.74) is 4.03. The minimum Gasteiger partial charge on any atom is -0.464 e. The molecule has 2 heterocycles. The Bertz CT molecular complexity index is 1240. The van der Waals surface area contributed by atoms with E-state index in [0.717, 1.165) is 42.4 Å². The zero-order valence-corrected chi connectivity index (χ0v) is 20.4. The Hall–Kier alpha value is -3.03. The lowest BCUT2D eigenvalue weighted by atomic mass is 10.0. The van der Waals surface area contributed by atoms with Gasteiger partial charge in [0.25, 0.3) is 0 Å². The van der Waals surface area contributed by atoms with Gasteiger partial charge in [-0.2, -0.15) is 4.98 Å². The van der Waals surface area contributed by atoms with Gasteiger partial charge in [0.2, 0.25) is 11.7 Å². The maximum atomic E-state index is 11.0. The Labute approximate surface area is 204 Å². The SMILES string of the molecule is O=P(O)(O)CCCNCc1ccc(-c2noc(CCCCc3ccccc3)n2)c(-c2ccco2)c1. The number of nitrogens with one attached hydrogen (secondary N) is 1. The number of unbranched alkanes of at least 4 members (excludes halogenated alkanes) is 1. The van der Waals surface area contributed by atoms with Crippen LogP contribution in [0.5, 0.6) is 0 Å². The van der Waals surface area contributed by atoms with Crippen LogP contribution in [-0.2, 0) is 24.0 Å². The van der Waals surface area contributed by atoms with Gasteiger partial charge in [-0.3, -0.25) is 4.57 Å². The van der Waals surface area contributed by atoms with Crippen LogP contribution in [0, 0.1) is 0 Å².